The zero-order valence-corrected chi connectivity index (χ0v) is 18.9. The summed E-state index contributed by atoms with van der Waals surface area (Å²) in [6.07, 6.45) is 2.99. The maximum atomic E-state index is 13.0. The predicted octanol–water partition coefficient (Wildman–Crippen LogP) is 4.81. The fourth-order valence-electron chi connectivity index (χ4n) is 3.32. The van der Waals surface area contributed by atoms with Crippen molar-refractivity contribution >= 4 is 23.7 Å². The minimum absolute atomic E-state index is 0.348. The van der Waals surface area contributed by atoms with Crippen LogP contribution in [0.1, 0.15) is 58.6 Å². The van der Waals surface area contributed by atoms with Crippen molar-refractivity contribution < 1.29 is 14.3 Å². The average molecular weight is 431 g/mol. The quantitative estimate of drug-likeness (QED) is 0.329. The highest BCUT2D eigenvalue weighted by Gasteiger charge is 2.36. The van der Waals surface area contributed by atoms with Crippen molar-refractivity contribution in [1.82, 2.24) is 14.8 Å². The Morgan fingerprint density at radius 2 is 2.03 bits per heavy atom. The van der Waals surface area contributed by atoms with Gasteiger partial charge >= 0.3 is 5.97 Å². The number of aromatic nitrogens is 3. The van der Waals surface area contributed by atoms with Gasteiger partial charge in [-0.1, -0.05) is 50.2 Å². The van der Waals surface area contributed by atoms with Gasteiger partial charge in [-0.3, -0.25) is 0 Å². The zero-order chi connectivity index (χ0) is 21.5. The van der Waals surface area contributed by atoms with E-state index in [9.17, 15) is 4.79 Å². The number of carbonyl (C=O) groups is 1. The molecule has 0 aliphatic carbocycles. The Morgan fingerprint density at radius 1 is 1.23 bits per heavy atom. The van der Waals surface area contributed by atoms with Crippen molar-refractivity contribution in [2.45, 2.75) is 58.2 Å². The van der Waals surface area contributed by atoms with Gasteiger partial charge in [0.25, 0.3) is 0 Å². The van der Waals surface area contributed by atoms with E-state index < -0.39 is 6.04 Å². The number of hydrogen-bond donors (Lipinski definition) is 1. The normalized spacial score (nSPS) is 15.5. The summed E-state index contributed by atoms with van der Waals surface area (Å²) >= 11 is 1.63. The van der Waals surface area contributed by atoms with Gasteiger partial charge in [-0.2, -0.15) is 4.98 Å². The van der Waals surface area contributed by atoms with Crippen LogP contribution in [0, 0.1) is 0 Å². The van der Waals surface area contributed by atoms with E-state index >= 15 is 0 Å². The Hall–Kier alpha value is -2.48. The van der Waals surface area contributed by atoms with Crippen LogP contribution >= 0.6 is 11.8 Å². The van der Waals surface area contributed by atoms with E-state index in [4.69, 9.17) is 14.6 Å². The van der Waals surface area contributed by atoms with Crippen LogP contribution < -0.4 is 10.1 Å². The number of unbranched alkanes of at least 4 members (excludes halogenated alkanes) is 1. The number of ether oxygens (including phenoxy) is 2. The van der Waals surface area contributed by atoms with Gasteiger partial charge in [-0.15, -0.1) is 5.10 Å². The third kappa shape index (κ3) is 4.80. The molecule has 1 unspecified atom stereocenters. The van der Waals surface area contributed by atoms with Crippen LogP contribution in [-0.4, -0.2) is 39.7 Å². The van der Waals surface area contributed by atoms with Crippen LogP contribution in [0.5, 0.6) is 5.75 Å². The van der Waals surface area contributed by atoms with Gasteiger partial charge in [-0.05, 0) is 32.8 Å². The Balaban J connectivity index is 2.07. The molecule has 0 saturated heterocycles. The second-order valence-corrected chi connectivity index (χ2v) is 8.10. The van der Waals surface area contributed by atoms with E-state index in [2.05, 4.69) is 17.2 Å². The van der Waals surface area contributed by atoms with Gasteiger partial charge in [0.1, 0.15) is 11.8 Å². The highest BCUT2D eigenvalue weighted by atomic mass is 32.2. The molecule has 0 bridgehead atoms. The number of hydrogen-bond acceptors (Lipinski definition) is 7. The number of esters is 1. The molecule has 0 amide bonds. The van der Waals surface area contributed by atoms with E-state index in [-0.39, 0.29) is 5.97 Å². The van der Waals surface area contributed by atoms with Crippen LogP contribution in [-0.2, 0) is 9.53 Å². The SMILES string of the molecule is CCCCSc1nc2n(n1)C(c1ccccc1OCC)C(C(=O)OCCC)=C(C)N2. The third-order valence-electron chi connectivity index (χ3n) is 4.73. The second kappa shape index (κ2) is 10.5. The first-order valence-corrected chi connectivity index (χ1v) is 11.5. The van der Waals surface area contributed by atoms with Crippen molar-refractivity contribution in [3.05, 3.63) is 41.1 Å². The highest BCUT2D eigenvalue weighted by Crippen LogP contribution is 2.40. The number of benzene rings is 1. The molecular formula is C22H30N4O3S. The second-order valence-electron chi connectivity index (χ2n) is 7.04. The molecule has 1 aliphatic heterocycles. The number of nitrogens with one attached hydrogen (secondary N) is 1. The molecule has 162 valence electrons. The number of rotatable bonds is 10. The molecule has 2 heterocycles. The van der Waals surface area contributed by atoms with Crippen LogP contribution in [0.4, 0.5) is 5.95 Å². The molecule has 0 spiro atoms. The Bertz CT molecular complexity index is 910. The molecule has 0 saturated carbocycles. The van der Waals surface area contributed by atoms with Crippen molar-refractivity contribution in [3.63, 3.8) is 0 Å². The lowest BCUT2D eigenvalue weighted by molar-refractivity contribution is -0.139. The predicted molar refractivity (Wildman–Crippen MR) is 119 cm³/mol. The number of thioether (sulfide) groups is 1. The molecule has 1 atom stereocenters. The molecule has 1 N–H and O–H groups in total. The van der Waals surface area contributed by atoms with E-state index in [0.717, 1.165) is 42.0 Å². The number of para-hydroxylation sites is 1. The molecule has 30 heavy (non-hydrogen) atoms. The summed E-state index contributed by atoms with van der Waals surface area (Å²) < 4.78 is 13.2. The number of carbonyl (C=O) groups excluding carboxylic acids is 1. The molecule has 7 nitrogen and oxygen atoms in total. The first kappa shape index (κ1) is 22.2. The zero-order valence-electron chi connectivity index (χ0n) is 18.1. The van der Waals surface area contributed by atoms with Crippen molar-refractivity contribution in [2.24, 2.45) is 0 Å². The van der Waals surface area contributed by atoms with Gasteiger partial charge < -0.3 is 14.8 Å². The van der Waals surface area contributed by atoms with Crippen molar-refractivity contribution in [3.8, 4) is 5.75 Å². The smallest absolute Gasteiger partial charge is 0.338 e. The lowest BCUT2D eigenvalue weighted by Crippen LogP contribution is -2.30. The third-order valence-corrected chi connectivity index (χ3v) is 5.66. The van der Waals surface area contributed by atoms with Gasteiger partial charge in [0.15, 0.2) is 0 Å². The van der Waals surface area contributed by atoms with Gasteiger partial charge in [0, 0.05) is 17.0 Å². The van der Waals surface area contributed by atoms with Crippen LogP contribution in [0.25, 0.3) is 0 Å². The van der Waals surface area contributed by atoms with Crippen LogP contribution in [0.15, 0.2) is 40.7 Å². The standard InChI is InChI=1S/C22H30N4O3S/c1-5-8-14-30-22-24-21-23-15(4)18(20(27)29-13-6-2)19(26(21)25-22)16-11-9-10-12-17(16)28-7-3/h9-12,19H,5-8,13-14H2,1-4H3,(H,23,24,25). The Kier molecular flexibility index (Phi) is 7.79. The molecule has 8 heteroatoms. The maximum Gasteiger partial charge on any atom is 0.338 e. The van der Waals surface area contributed by atoms with Gasteiger partial charge in [0.2, 0.25) is 11.1 Å². The molecule has 1 aliphatic rings. The minimum atomic E-state index is -0.471. The monoisotopic (exact) mass is 430 g/mol. The number of nitrogens with zero attached hydrogens (tertiary/aromatic N) is 3. The van der Waals surface area contributed by atoms with E-state index in [1.54, 1.807) is 16.4 Å². The van der Waals surface area contributed by atoms with Gasteiger partial charge in [0.05, 0.1) is 18.8 Å². The maximum absolute atomic E-state index is 13.0. The molecule has 2 aromatic rings. The molecule has 3 rings (SSSR count). The van der Waals surface area contributed by atoms with Crippen molar-refractivity contribution in [1.29, 1.82) is 0 Å². The fourth-order valence-corrected chi connectivity index (χ4v) is 4.23. The summed E-state index contributed by atoms with van der Waals surface area (Å²) in [5.74, 6) is 1.95. The molecule has 1 aromatic heterocycles. The Labute approximate surface area is 182 Å². The number of anilines is 1. The molecule has 1 aromatic carbocycles. The molecule has 0 radical (unpaired) electrons. The summed E-state index contributed by atoms with van der Waals surface area (Å²) in [7, 11) is 0. The lowest BCUT2D eigenvalue weighted by atomic mass is 9.95. The van der Waals surface area contributed by atoms with Crippen LogP contribution in [0.2, 0.25) is 0 Å². The lowest BCUT2D eigenvalue weighted by Gasteiger charge is -2.29. The summed E-state index contributed by atoms with van der Waals surface area (Å²) in [4.78, 5) is 17.7. The topological polar surface area (TPSA) is 78.3 Å². The number of fused-ring (bicyclic) bond motifs is 1. The van der Waals surface area contributed by atoms with Crippen molar-refractivity contribution in [2.75, 3.05) is 24.3 Å². The molecular weight excluding hydrogens is 400 g/mol. The summed E-state index contributed by atoms with van der Waals surface area (Å²) in [5, 5.41) is 8.68. The largest absolute Gasteiger partial charge is 0.494 e. The molecule has 0 fully saturated rings. The minimum Gasteiger partial charge on any atom is -0.494 e. The Morgan fingerprint density at radius 3 is 2.77 bits per heavy atom. The average Bonchev–Trinajstić information content (AvgIpc) is 3.14. The van der Waals surface area contributed by atoms with E-state index in [0.29, 0.717) is 29.9 Å². The van der Waals surface area contributed by atoms with E-state index in [1.165, 1.54) is 0 Å². The van der Waals surface area contributed by atoms with Gasteiger partial charge in [-0.25, -0.2) is 9.48 Å². The van der Waals surface area contributed by atoms with Crippen LogP contribution in [0.3, 0.4) is 0 Å². The number of allylic oxidation sites excluding steroid dienone is 1. The summed E-state index contributed by atoms with van der Waals surface area (Å²) in [5.41, 5.74) is 2.11. The van der Waals surface area contributed by atoms with E-state index in [1.807, 2.05) is 45.0 Å². The first-order valence-electron chi connectivity index (χ1n) is 10.6. The summed E-state index contributed by atoms with van der Waals surface area (Å²) in [6, 6.07) is 7.28. The fraction of sp³-hybridized carbons (Fsp3) is 0.500. The first-order chi connectivity index (χ1) is 14.6. The summed E-state index contributed by atoms with van der Waals surface area (Å²) in [6.45, 7) is 8.86. The highest BCUT2D eigenvalue weighted by molar-refractivity contribution is 7.99.